The molecule has 3 aromatic rings. The fourth-order valence-electron chi connectivity index (χ4n) is 2.78. The molecule has 0 atom stereocenters. The van der Waals surface area contributed by atoms with Crippen molar-refractivity contribution < 1.29 is 14.3 Å². The summed E-state index contributed by atoms with van der Waals surface area (Å²) in [6.07, 6.45) is 1.56. The zero-order valence-electron chi connectivity index (χ0n) is 16.1. The van der Waals surface area contributed by atoms with Gasteiger partial charge < -0.3 is 19.4 Å². The number of anilines is 1. The maximum Gasteiger partial charge on any atom is 0.257 e. The molecule has 0 saturated heterocycles. The fraction of sp³-hybridized carbons (Fsp3) is 0.182. The number of hydrogen-bond donors (Lipinski definition) is 1. The number of hydrogen-bond acceptors (Lipinski definition) is 4. The number of benzene rings is 2. The molecule has 144 valence electrons. The SMILES string of the molecule is COc1ccc(NC(=O)c2ccc(=O)n(Cc3ccc(C)cc3)c2)c(OC)c1. The van der Waals surface area contributed by atoms with Gasteiger partial charge in [0, 0.05) is 18.3 Å². The van der Waals surface area contributed by atoms with Gasteiger partial charge in [0.05, 0.1) is 32.0 Å². The van der Waals surface area contributed by atoms with Gasteiger partial charge in [-0.15, -0.1) is 0 Å². The summed E-state index contributed by atoms with van der Waals surface area (Å²) >= 11 is 0. The van der Waals surface area contributed by atoms with E-state index < -0.39 is 0 Å². The minimum Gasteiger partial charge on any atom is -0.497 e. The van der Waals surface area contributed by atoms with E-state index in [1.165, 1.54) is 23.8 Å². The second-order valence-electron chi connectivity index (χ2n) is 6.39. The van der Waals surface area contributed by atoms with Crippen LogP contribution in [0, 0.1) is 6.92 Å². The molecule has 0 fully saturated rings. The van der Waals surface area contributed by atoms with Crippen LogP contribution >= 0.6 is 0 Å². The Morgan fingerprint density at radius 3 is 2.43 bits per heavy atom. The molecule has 0 saturated carbocycles. The van der Waals surface area contributed by atoms with Crippen LogP contribution in [0.4, 0.5) is 5.69 Å². The largest absolute Gasteiger partial charge is 0.497 e. The number of aryl methyl sites for hydroxylation is 1. The molecule has 28 heavy (non-hydrogen) atoms. The second-order valence-corrected chi connectivity index (χ2v) is 6.39. The molecule has 1 heterocycles. The fourth-order valence-corrected chi connectivity index (χ4v) is 2.78. The Morgan fingerprint density at radius 1 is 1.00 bits per heavy atom. The Hall–Kier alpha value is -3.54. The van der Waals surface area contributed by atoms with Gasteiger partial charge in [0.25, 0.3) is 11.5 Å². The Balaban J connectivity index is 1.83. The zero-order chi connectivity index (χ0) is 20.1. The van der Waals surface area contributed by atoms with E-state index in [9.17, 15) is 9.59 Å². The standard InChI is InChI=1S/C22H22N2O4/c1-15-4-6-16(7-5-15)13-24-14-17(8-11-21(24)25)22(26)23-19-10-9-18(27-2)12-20(19)28-3/h4-12,14H,13H2,1-3H3,(H,23,26). The zero-order valence-corrected chi connectivity index (χ0v) is 16.1. The van der Waals surface area contributed by atoms with E-state index in [4.69, 9.17) is 9.47 Å². The molecule has 6 nitrogen and oxygen atoms in total. The first-order valence-electron chi connectivity index (χ1n) is 8.79. The lowest BCUT2D eigenvalue weighted by molar-refractivity contribution is 0.102. The van der Waals surface area contributed by atoms with Gasteiger partial charge in [-0.2, -0.15) is 0 Å². The van der Waals surface area contributed by atoms with E-state index in [-0.39, 0.29) is 11.5 Å². The van der Waals surface area contributed by atoms with Gasteiger partial charge in [0.1, 0.15) is 11.5 Å². The Labute approximate surface area is 163 Å². The van der Waals surface area contributed by atoms with Crippen LogP contribution in [0.5, 0.6) is 11.5 Å². The molecule has 0 bridgehead atoms. The Kier molecular flexibility index (Phi) is 5.79. The monoisotopic (exact) mass is 378 g/mol. The molecule has 1 amide bonds. The maximum absolute atomic E-state index is 12.7. The average Bonchev–Trinajstić information content (AvgIpc) is 2.71. The number of nitrogens with one attached hydrogen (secondary N) is 1. The minimum atomic E-state index is -0.332. The summed E-state index contributed by atoms with van der Waals surface area (Å²) in [4.78, 5) is 24.9. The maximum atomic E-state index is 12.7. The Bertz CT molecular complexity index is 1040. The summed E-state index contributed by atoms with van der Waals surface area (Å²) in [5, 5.41) is 2.81. The first-order valence-corrected chi connectivity index (χ1v) is 8.79. The van der Waals surface area contributed by atoms with Crippen molar-refractivity contribution in [1.82, 2.24) is 4.57 Å². The quantitative estimate of drug-likeness (QED) is 0.713. The highest BCUT2D eigenvalue weighted by molar-refractivity contribution is 6.04. The lowest BCUT2D eigenvalue weighted by Crippen LogP contribution is -2.22. The van der Waals surface area contributed by atoms with Crippen molar-refractivity contribution >= 4 is 11.6 Å². The predicted octanol–water partition coefficient (Wildman–Crippen LogP) is 3.47. The molecule has 0 unspecified atom stereocenters. The molecule has 1 aromatic heterocycles. The molecule has 0 aliphatic rings. The van der Waals surface area contributed by atoms with Crippen LogP contribution in [0.25, 0.3) is 0 Å². The van der Waals surface area contributed by atoms with Gasteiger partial charge in [-0.05, 0) is 30.7 Å². The van der Waals surface area contributed by atoms with Crippen molar-refractivity contribution in [1.29, 1.82) is 0 Å². The van der Waals surface area contributed by atoms with Gasteiger partial charge in [0.15, 0.2) is 0 Å². The lowest BCUT2D eigenvalue weighted by Gasteiger charge is -2.12. The third-order valence-electron chi connectivity index (χ3n) is 4.38. The van der Waals surface area contributed by atoms with Gasteiger partial charge in [-0.25, -0.2) is 0 Å². The van der Waals surface area contributed by atoms with E-state index in [0.717, 1.165) is 11.1 Å². The molecular weight excluding hydrogens is 356 g/mol. The van der Waals surface area contributed by atoms with Crippen molar-refractivity contribution in [2.75, 3.05) is 19.5 Å². The van der Waals surface area contributed by atoms with Crippen molar-refractivity contribution in [3.63, 3.8) is 0 Å². The second kappa shape index (κ2) is 8.43. The highest BCUT2D eigenvalue weighted by Gasteiger charge is 2.12. The number of nitrogens with zero attached hydrogens (tertiary/aromatic N) is 1. The molecule has 1 N–H and O–H groups in total. The molecule has 0 spiro atoms. The van der Waals surface area contributed by atoms with Crippen LogP contribution in [0.3, 0.4) is 0 Å². The van der Waals surface area contributed by atoms with E-state index in [1.54, 1.807) is 31.5 Å². The number of amides is 1. The number of rotatable bonds is 6. The summed E-state index contributed by atoms with van der Waals surface area (Å²) < 4.78 is 12.0. The van der Waals surface area contributed by atoms with Crippen LogP contribution < -0.4 is 20.3 Å². The number of ether oxygens (including phenoxy) is 2. The molecule has 0 aliphatic carbocycles. The summed E-state index contributed by atoms with van der Waals surface area (Å²) in [5.41, 5.74) is 2.87. The van der Waals surface area contributed by atoms with Gasteiger partial charge in [0.2, 0.25) is 0 Å². The summed E-state index contributed by atoms with van der Waals surface area (Å²) in [6, 6.07) is 16.0. The Morgan fingerprint density at radius 2 is 1.75 bits per heavy atom. The normalized spacial score (nSPS) is 10.4. The molecular formula is C22H22N2O4. The van der Waals surface area contributed by atoms with Crippen LogP contribution in [-0.4, -0.2) is 24.7 Å². The smallest absolute Gasteiger partial charge is 0.257 e. The van der Waals surface area contributed by atoms with Gasteiger partial charge in [-0.3, -0.25) is 9.59 Å². The van der Waals surface area contributed by atoms with Crippen LogP contribution in [0.15, 0.2) is 65.6 Å². The van der Waals surface area contributed by atoms with Crippen molar-refractivity contribution in [2.24, 2.45) is 0 Å². The lowest BCUT2D eigenvalue weighted by atomic mass is 10.1. The molecule has 2 aromatic carbocycles. The number of carbonyl (C=O) groups excluding carboxylic acids is 1. The van der Waals surface area contributed by atoms with Gasteiger partial charge >= 0.3 is 0 Å². The van der Waals surface area contributed by atoms with Crippen LogP contribution in [0.2, 0.25) is 0 Å². The van der Waals surface area contributed by atoms with E-state index in [1.807, 2.05) is 31.2 Å². The topological polar surface area (TPSA) is 69.6 Å². The van der Waals surface area contributed by atoms with E-state index >= 15 is 0 Å². The molecule has 6 heteroatoms. The number of pyridine rings is 1. The molecule has 0 aliphatic heterocycles. The van der Waals surface area contributed by atoms with E-state index in [2.05, 4.69) is 5.32 Å². The molecule has 3 rings (SSSR count). The van der Waals surface area contributed by atoms with Crippen molar-refractivity contribution in [2.45, 2.75) is 13.5 Å². The van der Waals surface area contributed by atoms with E-state index in [0.29, 0.717) is 29.3 Å². The summed E-state index contributed by atoms with van der Waals surface area (Å²) in [5.74, 6) is 0.781. The molecule has 0 radical (unpaired) electrons. The van der Waals surface area contributed by atoms with Gasteiger partial charge in [-0.1, -0.05) is 29.8 Å². The van der Waals surface area contributed by atoms with Crippen LogP contribution in [0.1, 0.15) is 21.5 Å². The summed E-state index contributed by atoms with van der Waals surface area (Å²) in [7, 11) is 3.08. The third kappa shape index (κ3) is 4.40. The average molecular weight is 378 g/mol. The predicted molar refractivity (Wildman–Crippen MR) is 108 cm³/mol. The first kappa shape index (κ1) is 19.2. The number of methoxy groups -OCH3 is 2. The third-order valence-corrected chi connectivity index (χ3v) is 4.38. The first-order chi connectivity index (χ1) is 13.5. The van der Waals surface area contributed by atoms with Crippen molar-refractivity contribution in [3.05, 3.63) is 87.8 Å². The number of aromatic nitrogens is 1. The minimum absolute atomic E-state index is 0.167. The number of carbonyl (C=O) groups is 1. The van der Waals surface area contributed by atoms with Crippen molar-refractivity contribution in [3.8, 4) is 11.5 Å². The summed E-state index contributed by atoms with van der Waals surface area (Å²) in [6.45, 7) is 2.40. The van der Waals surface area contributed by atoms with Crippen LogP contribution in [-0.2, 0) is 6.54 Å². The highest BCUT2D eigenvalue weighted by Crippen LogP contribution is 2.29. The highest BCUT2D eigenvalue weighted by atomic mass is 16.5.